The zero-order valence-corrected chi connectivity index (χ0v) is 24.1. The van der Waals surface area contributed by atoms with E-state index in [2.05, 4.69) is 20.0 Å². The van der Waals surface area contributed by atoms with Crippen molar-refractivity contribution >= 4 is 67.1 Å². The van der Waals surface area contributed by atoms with Gasteiger partial charge in [-0.1, -0.05) is 12.1 Å². The summed E-state index contributed by atoms with van der Waals surface area (Å²) < 4.78 is 39.3. The van der Waals surface area contributed by atoms with Crippen LogP contribution in [-0.4, -0.2) is 90.7 Å². The first-order valence-corrected chi connectivity index (χ1v) is 15.6. The number of carbonyl (C=O) groups excluding carboxylic acids is 3. The van der Waals surface area contributed by atoms with Gasteiger partial charge in [0.1, 0.15) is 25.5 Å². The molecule has 14 nitrogen and oxygen atoms in total. The van der Waals surface area contributed by atoms with Crippen LogP contribution in [0, 0.1) is 0 Å². The maximum absolute atomic E-state index is 13.0. The number of thioether (sulfide) groups is 1. The fourth-order valence-corrected chi connectivity index (χ4v) is 5.75. The molecule has 17 heteroatoms. The highest BCUT2D eigenvalue weighted by atomic mass is 32.2. The van der Waals surface area contributed by atoms with Gasteiger partial charge in [-0.15, -0.1) is 11.3 Å². The van der Waals surface area contributed by atoms with Crippen LogP contribution in [0.15, 0.2) is 45.7 Å². The van der Waals surface area contributed by atoms with E-state index in [4.69, 9.17) is 9.47 Å². The lowest BCUT2D eigenvalue weighted by atomic mass is 10.3. The molecular formula is C23H28N6O8S3. The first-order valence-electron chi connectivity index (χ1n) is 11.9. The van der Waals surface area contributed by atoms with Crippen molar-refractivity contribution in [2.75, 3.05) is 50.2 Å². The average Bonchev–Trinajstić information content (AvgIpc) is 3.35. The summed E-state index contributed by atoms with van der Waals surface area (Å²) in [6.45, 7) is 0.515. The van der Waals surface area contributed by atoms with Crippen molar-refractivity contribution in [2.24, 2.45) is 0 Å². The number of benzene rings is 1. The number of sulfonamides is 1. The number of thiazole rings is 1. The summed E-state index contributed by atoms with van der Waals surface area (Å²) in [5.41, 5.74) is -0.289. The second-order valence-corrected chi connectivity index (χ2v) is 11.9. The second-order valence-electron chi connectivity index (χ2n) is 7.94. The summed E-state index contributed by atoms with van der Waals surface area (Å²) in [5, 5.41) is 2.33. The largest absolute Gasteiger partial charge is 0.465 e. The van der Waals surface area contributed by atoms with Crippen LogP contribution in [0.1, 0.15) is 6.92 Å². The molecule has 0 bridgehead atoms. The summed E-state index contributed by atoms with van der Waals surface area (Å²) in [6, 6.07) is 8.28. The lowest BCUT2D eigenvalue weighted by Gasteiger charge is -2.22. The maximum Gasteiger partial charge on any atom is 0.412 e. The Morgan fingerprint density at radius 2 is 1.93 bits per heavy atom. The van der Waals surface area contributed by atoms with Crippen LogP contribution in [-0.2, 0) is 35.6 Å². The zero-order chi connectivity index (χ0) is 29.1. The number of fused-ring (bicyclic) bond motifs is 1. The third kappa shape index (κ3) is 9.00. The van der Waals surface area contributed by atoms with Crippen LogP contribution in [0.5, 0.6) is 0 Å². The number of aromatic nitrogens is 3. The van der Waals surface area contributed by atoms with E-state index in [0.717, 1.165) is 20.8 Å². The van der Waals surface area contributed by atoms with Gasteiger partial charge in [0, 0.05) is 25.0 Å². The van der Waals surface area contributed by atoms with E-state index in [0.29, 0.717) is 16.0 Å². The fourth-order valence-electron chi connectivity index (χ4n) is 3.22. The van der Waals surface area contributed by atoms with Crippen LogP contribution in [0.2, 0.25) is 0 Å². The van der Waals surface area contributed by atoms with E-state index in [1.165, 1.54) is 24.0 Å². The van der Waals surface area contributed by atoms with Crippen LogP contribution in [0.25, 0.3) is 10.2 Å². The molecule has 0 saturated carbocycles. The van der Waals surface area contributed by atoms with Crippen LogP contribution in [0.3, 0.4) is 0 Å². The van der Waals surface area contributed by atoms with Gasteiger partial charge in [-0.05, 0) is 31.4 Å². The molecule has 1 aromatic carbocycles. The first kappa shape index (κ1) is 31.0. The summed E-state index contributed by atoms with van der Waals surface area (Å²) >= 11 is 2.50. The van der Waals surface area contributed by atoms with Crippen LogP contribution >= 0.6 is 23.1 Å². The topological polar surface area (TPSA) is 179 Å². The van der Waals surface area contributed by atoms with Gasteiger partial charge in [-0.3, -0.25) is 19.5 Å². The Bertz CT molecular complexity index is 1470. The van der Waals surface area contributed by atoms with Gasteiger partial charge in [0.15, 0.2) is 0 Å². The Morgan fingerprint density at radius 1 is 1.15 bits per heavy atom. The Morgan fingerprint density at radius 3 is 2.62 bits per heavy atom. The van der Waals surface area contributed by atoms with Gasteiger partial charge in [0.05, 0.1) is 16.8 Å². The number of nitrogens with zero attached hydrogens (tertiary/aromatic N) is 4. The molecule has 3 rings (SSSR count). The van der Waals surface area contributed by atoms with E-state index in [9.17, 15) is 27.6 Å². The minimum Gasteiger partial charge on any atom is -0.465 e. The molecule has 40 heavy (non-hydrogen) atoms. The predicted molar refractivity (Wildman–Crippen MR) is 150 cm³/mol. The number of esters is 1. The average molecular weight is 613 g/mol. The second kappa shape index (κ2) is 14.7. The molecule has 0 radical (unpaired) electrons. The maximum atomic E-state index is 13.0. The van der Waals surface area contributed by atoms with Gasteiger partial charge in [0.25, 0.3) is 10.0 Å². The Kier molecular flexibility index (Phi) is 11.4. The van der Waals surface area contributed by atoms with Crippen molar-refractivity contribution in [3.63, 3.8) is 0 Å². The van der Waals surface area contributed by atoms with Crippen molar-refractivity contribution in [1.29, 1.82) is 0 Å². The Hall–Kier alpha value is -3.54. The minimum absolute atomic E-state index is 0.0597. The number of para-hydroxylation sites is 1. The quantitative estimate of drug-likeness (QED) is 0.197. The van der Waals surface area contributed by atoms with E-state index in [-0.39, 0.29) is 36.5 Å². The number of nitrogens with one attached hydrogen (secondary N) is 2. The first-order chi connectivity index (χ1) is 19.1. The third-order valence-corrected chi connectivity index (χ3v) is 8.54. The van der Waals surface area contributed by atoms with Crippen molar-refractivity contribution in [1.82, 2.24) is 24.2 Å². The number of hydrogen-bond acceptors (Lipinski definition) is 12. The van der Waals surface area contributed by atoms with Crippen molar-refractivity contribution in [2.45, 2.75) is 17.8 Å². The molecule has 0 atom stereocenters. The van der Waals surface area contributed by atoms with Crippen molar-refractivity contribution in [3.8, 4) is 0 Å². The van der Waals surface area contributed by atoms with Crippen LogP contribution in [0.4, 0.5) is 10.6 Å². The number of amides is 2. The summed E-state index contributed by atoms with van der Waals surface area (Å²) in [4.78, 5) is 58.2. The SMILES string of the molecule is CCOC(=O)CN(CCNS(=O)(=O)c1nc2ccccc2s1)C(=O)Cn1ccc(NC(=O)OCCSC)nc1=O. The van der Waals surface area contributed by atoms with E-state index in [1.54, 1.807) is 31.2 Å². The van der Waals surface area contributed by atoms with Gasteiger partial charge < -0.3 is 14.4 Å². The normalized spacial score (nSPS) is 11.2. The standard InChI is InChI=1S/C23H28N6O8S3/c1-3-36-20(31)15-28(11-9-24-40(34,35)23-25-16-6-4-5-7-17(16)39-23)19(30)14-29-10-8-18(26-21(29)32)27-22(33)37-12-13-38-2/h4-8,10,24H,3,9,11-15H2,1-2H3,(H,26,27,32,33). The monoisotopic (exact) mass is 612 g/mol. The molecule has 0 saturated heterocycles. The molecule has 2 aromatic heterocycles. The highest BCUT2D eigenvalue weighted by Gasteiger charge is 2.23. The minimum atomic E-state index is -3.98. The van der Waals surface area contributed by atoms with Gasteiger partial charge in [-0.2, -0.15) is 16.7 Å². The molecule has 0 aliphatic heterocycles. The van der Waals surface area contributed by atoms with E-state index in [1.807, 2.05) is 6.26 Å². The van der Waals surface area contributed by atoms with Gasteiger partial charge in [0.2, 0.25) is 10.2 Å². The molecule has 0 aliphatic carbocycles. The number of anilines is 1. The number of carbonyl (C=O) groups is 3. The lowest BCUT2D eigenvalue weighted by Crippen LogP contribution is -2.44. The smallest absolute Gasteiger partial charge is 0.412 e. The predicted octanol–water partition coefficient (Wildman–Crippen LogP) is 1.13. The summed E-state index contributed by atoms with van der Waals surface area (Å²) in [7, 11) is -3.98. The lowest BCUT2D eigenvalue weighted by molar-refractivity contribution is -0.149. The van der Waals surface area contributed by atoms with E-state index >= 15 is 0 Å². The summed E-state index contributed by atoms with van der Waals surface area (Å²) in [5.74, 6) is -0.810. The molecule has 0 spiro atoms. The third-order valence-electron chi connectivity index (χ3n) is 5.09. The van der Waals surface area contributed by atoms with Gasteiger partial charge >= 0.3 is 17.8 Å². The molecule has 0 fully saturated rings. The van der Waals surface area contributed by atoms with Crippen LogP contribution < -0.4 is 15.7 Å². The highest BCUT2D eigenvalue weighted by molar-refractivity contribution is 7.98. The molecular weight excluding hydrogens is 584 g/mol. The molecule has 2 heterocycles. The molecule has 0 unspecified atom stereocenters. The number of ether oxygens (including phenoxy) is 2. The fraction of sp³-hybridized carbons (Fsp3) is 0.391. The van der Waals surface area contributed by atoms with Crippen molar-refractivity contribution < 1.29 is 32.3 Å². The number of hydrogen-bond donors (Lipinski definition) is 2. The Balaban J connectivity index is 1.64. The molecule has 216 valence electrons. The number of rotatable bonds is 14. The highest BCUT2D eigenvalue weighted by Crippen LogP contribution is 2.24. The summed E-state index contributed by atoms with van der Waals surface area (Å²) in [6.07, 6.45) is 2.34. The Labute approximate surface area is 238 Å². The molecule has 3 aromatic rings. The molecule has 2 N–H and O–H groups in total. The molecule has 2 amide bonds. The molecule has 0 aliphatic rings. The van der Waals surface area contributed by atoms with E-state index < -0.39 is 46.8 Å². The van der Waals surface area contributed by atoms with Crippen molar-refractivity contribution in [3.05, 3.63) is 47.0 Å². The van der Waals surface area contributed by atoms with Gasteiger partial charge in [-0.25, -0.2) is 27.7 Å². The zero-order valence-electron chi connectivity index (χ0n) is 21.7.